The molecule has 0 aliphatic rings. The Morgan fingerprint density at radius 3 is 2.38 bits per heavy atom. The van der Waals surface area contributed by atoms with Crippen LogP contribution in [0, 0.1) is 0 Å². The summed E-state index contributed by atoms with van der Waals surface area (Å²) in [6.07, 6.45) is 0. The zero-order valence-electron chi connectivity index (χ0n) is 7.74. The van der Waals surface area contributed by atoms with Crippen LogP contribution in [0.15, 0.2) is 24.3 Å². The molecule has 3 nitrogen and oxygen atoms in total. The Labute approximate surface area is 77.4 Å². The molecule has 13 heavy (non-hydrogen) atoms. The average molecular weight is 179 g/mol. The molecule has 0 aliphatic heterocycles. The third-order valence-corrected chi connectivity index (χ3v) is 1.98. The van der Waals surface area contributed by atoms with Gasteiger partial charge in [0.1, 0.15) is 5.75 Å². The lowest BCUT2D eigenvalue weighted by atomic mass is 10.1. The number of hydrogen-bond acceptors (Lipinski definition) is 3. The van der Waals surface area contributed by atoms with Crippen LogP contribution in [0.3, 0.4) is 0 Å². The molecule has 0 saturated heterocycles. The minimum atomic E-state index is -0.190. The number of carbonyl (C=O) groups excluding carboxylic acids is 1. The molecule has 3 heteroatoms. The largest absolute Gasteiger partial charge is 0.508 e. The van der Waals surface area contributed by atoms with Gasteiger partial charge in [-0.2, -0.15) is 0 Å². The predicted octanol–water partition coefficient (Wildman–Crippen LogP) is 1.18. The Morgan fingerprint density at radius 1 is 1.38 bits per heavy atom. The van der Waals surface area contributed by atoms with Crippen LogP contribution in [0.5, 0.6) is 5.75 Å². The lowest BCUT2D eigenvalue weighted by molar-refractivity contribution is 0.0955. The number of phenolic OH excluding ortho intramolecular Hbond substituents is 1. The van der Waals surface area contributed by atoms with Gasteiger partial charge in [-0.05, 0) is 38.2 Å². The molecule has 0 aliphatic carbocycles. The van der Waals surface area contributed by atoms with Crippen LogP contribution in [-0.2, 0) is 0 Å². The summed E-state index contributed by atoms with van der Waals surface area (Å²) in [5, 5.41) is 11.9. The van der Waals surface area contributed by atoms with E-state index >= 15 is 0 Å². The van der Waals surface area contributed by atoms with Crippen LogP contribution in [-0.4, -0.2) is 24.0 Å². The molecule has 2 N–H and O–H groups in total. The predicted molar refractivity (Wildman–Crippen MR) is 51.0 cm³/mol. The normalized spacial score (nSPS) is 12.5. The molecule has 0 aromatic heterocycles. The number of rotatable bonds is 3. The highest BCUT2D eigenvalue weighted by molar-refractivity contribution is 5.99. The molecular formula is C10H13NO2. The van der Waals surface area contributed by atoms with E-state index in [4.69, 9.17) is 5.11 Å². The fourth-order valence-electron chi connectivity index (χ4n) is 1.01. The molecule has 1 aromatic rings. The molecule has 0 saturated carbocycles. The summed E-state index contributed by atoms with van der Waals surface area (Å²) >= 11 is 0. The van der Waals surface area contributed by atoms with Crippen molar-refractivity contribution >= 4 is 5.78 Å². The lowest BCUT2D eigenvalue weighted by Gasteiger charge is -2.08. The Hall–Kier alpha value is -1.35. The van der Waals surface area contributed by atoms with Crippen molar-refractivity contribution in [2.45, 2.75) is 13.0 Å². The molecule has 0 radical (unpaired) electrons. The quantitative estimate of drug-likeness (QED) is 0.685. The summed E-state index contributed by atoms with van der Waals surface area (Å²) in [6, 6.07) is 6.06. The Bertz CT molecular complexity index is 292. The van der Waals surface area contributed by atoms with E-state index in [9.17, 15) is 4.79 Å². The van der Waals surface area contributed by atoms with Crippen molar-refractivity contribution in [3.8, 4) is 5.75 Å². The summed E-state index contributed by atoms with van der Waals surface area (Å²) in [5.41, 5.74) is 0.611. The van der Waals surface area contributed by atoms with Crippen molar-refractivity contribution in [2.75, 3.05) is 7.05 Å². The van der Waals surface area contributed by atoms with Crippen LogP contribution in [0.4, 0.5) is 0 Å². The number of ketones is 1. The van der Waals surface area contributed by atoms with Crippen molar-refractivity contribution in [2.24, 2.45) is 0 Å². The van der Waals surface area contributed by atoms with Crippen LogP contribution in [0.1, 0.15) is 17.3 Å². The molecule has 0 spiro atoms. The van der Waals surface area contributed by atoms with Gasteiger partial charge in [-0.25, -0.2) is 0 Å². The second-order valence-electron chi connectivity index (χ2n) is 2.92. The van der Waals surface area contributed by atoms with Crippen molar-refractivity contribution in [3.63, 3.8) is 0 Å². The molecule has 1 atom stereocenters. The van der Waals surface area contributed by atoms with Gasteiger partial charge in [0.25, 0.3) is 0 Å². The number of Topliss-reactive ketones (excluding diaryl/α,β-unsaturated/α-hetero) is 1. The third kappa shape index (κ3) is 2.29. The van der Waals surface area contributed by atoms with E-state index in [0.29, 0.717) is 5.56 Å². The molecule has 1 rings (SSSR count). The standard InChI is InChI=1S/C10H13NO2/c1-7(11-2)10(13)8-3-5-9(12)6-4-8/h3-7,11-12H,1-2H3/t7-/m1/s1. The van der Waals surface area contributed by atoms with Crippen molar-refractivity contribution < 1.29 is 9.90 Å². The van der Waals surface area contributed by atoms with E-state index in [1.807, 2.05) is 0 Å². The number of phenols is 1. The van der Waals surface area contributed by atoms with Crippen LogP contribution >= 0.6 is 0 Å². The summed E-state index contributed by atoms with van der Waals surface area (Å²) in [4.78, 5) is 11.5. The summed E-state index contributed by atoms with van der Waals surface area (Å²) in [6.45, 7) is 1.80. The number of hydrogen-bond donors (Lipinski definition) is 2. The highest BCUT2D eigenvalue weighted by atomic mass is 16.3. The number of carbonyl (C=O) groups is 1. The maximum absolute atomic E-state index is 11.5. The first-order valence-corrected chi connectivity index (χ1v) is 4.15. The maximum Gasteiger partial charge on any atom is 0.179 e. The molecule has 70 valence electrons. The summed E-state index contributed by atoms with van der Waals surface area (Å²) in [7, 11) is 1.74. The Morgan fingerprint density at radius 2 is 1.92 bits per heavy atom. The average Bonchev–Trinajstić information content (AvgIpc) is 2.17. The minimum absolute atomic E-state index is 0.0301. The van der Waals surface area contributed by atoms with E-state index in [-0.39, 0.29) is 17.6 Å². The lowest BCUT2D eigenvalue weighted by Crippen LogP contribution is -2.30. The Balaban J connectivity index is 2.83. The maximum atomic E-state index is 11.5. The fraction of sp³-hybridized carbons (Fsp3) is 0.300. The summed E-state index contributed by atoms with van der Waals surface area (Å²) in [5.74, 6) is 0.205. The molecule has 0 fully saturated rings. The first-order chi connectivity index (χ1) is 6.15. The molecule has 0 bridgehead atoms. The van der Waals surface area contributed by atoms with E-state index in [0.717, 1.165) is 0 Å². The molecule has 1 aromatic carbocycles. The van der Waals surface area contributed by atoms with Crippen molar-refractivity contribution in [1.82, 2.24) is 5.32 Å². The zero-order valence-corrected chi connectivity index (χ0v) is 7.74. The van der Waals surface area contributed by atoms with E-state index in [2.05, 4.69) is 5.32 Å². The smallest absolute Gasteiger partial charge is 0.179 e. The van der Waals surface area contributed by atoms with Crippen LogP contribution in [0.25, 0.3) is 0 Å². The first kappa shape index (κ1) is 9.74. The van der Waals surface area contributed by atoms with Gasteiger partial charge < -0.3 is 10.4 Å². The minimum Gasteiger partial charge on any atom is -0.508 e. The van der Waals surface area contributed by atoms with Gasteiger partial charge >= 0.3 is 0 Å². The second kappa shape index (κ2) is 4.05. The first-order valence-electron chi connectivity index (χ1n) is 4.15. The van der Waals surface area contributed by atoms with Gasteiger partial charge in [-0.3, -0.25) is 4.79 Å². The molecule has 0 unspecified atom stereocenters. The van der Waals surface area contributed by atoms with Gasteiger partial charge in [-0.1, -0.05) is 0 Å². The highest BCUT2D eigenvalue weighted by Gasteiger charge is 2.12. The van der Waals surface area contributed by atoms with Gasteiger partial charge in [0.05, 0.1) is 6.04 Å². The molecular weight excluding hydrogens is 166 g/mol. The van der Waals surface area contributed by atoms with Gasteiger partial charge in [0.2, 0.25) is 0 Å². The van der Waals surface area contributed by atoms with Gasteiger partial charge in [0, 0.05) is 5.56 Å². The molecule has 0 heterocycles. The number of nitrogens with one attached hydrogen (secondary N) is 1. The second-order valence-corrected chi connectivity index (χ2v) is 2.92. The van der Waals surface area contributed by atoms with E-state index in [1.165, 1.54) is 12.1 Å². The fourth-order valence-corrected chi connectivity index (χ4v) is 1.01. The molecule has 0 amide bonds. The topological polar surface area (TPSA) is 49.3 Å². The van der Waals surface area contributed by atoms with Gasteiger partial charge in [-0.15, -0.1) is 0 Å². The Kier molecular flexibility index (Phi) is 3.03. The SMILES string of the molecule is CN[C@H](C)C(=O)c1ccc(O)cc1. The van der Waals surface area contributed by atoms with Crippen LogP contribution in [0.2, 0.25) is 0 Å². The van der Waals surface area contributed by atoms with Gasteiger partial charge in [0.15, 0.2) is 5.78 Å². The third-order valence-electron chi connectivity index (χ3n) is 1.98. The van der Waals surface area contributed by atoms with E-state index in [1.54, 1.807) is 26.1 Å². The van der Waals surface area contributed by atoms with Crippen LogP contribution < -0.4 is 5.32 Å². The number of likely N-dealkylation sites (N-methyl/N-ethyl adjacent to an activating group) is 1. The zero-order chi connectivity index (χ0) is 9.84. The monoisotopic (exact) mass is 179 g/mol. The van der Waals surface area contributed by atoms with E-state index < -0.39 is 0 Å². The number of aromatic hydroxyl groups is 1. The van der Waals surface area contributed by atoms with Crippen molar-refractivity contribution in [1.29, 1.82) is 0 Å². The highest BCUT2D eigenvalue weighted by Crippen LogP contribution is 2.11. The summed E-state index contributed by atoms with van der Waals surface area (Å²) < 4.78 is 0. The van der Waals surface area contributed by atoms with Crippen molar-refractivity contribution in [3.05, 3.63) is 29.8 Å². The number of benzene rings is 1.